The van der Waals surface area contributed by atoms with Gasteiger partial charge < -0.3 is 9.67 Å². The Labute approximate surface area is 207 Å². The Morgan fingerprint density at radius 3 is 2.44 bits per heavy atom. The van der Waals surface area contributed by atoms with Gasteiger partial charge in [0.1, 0.15) is 11.6 Å². The number of aromatic nitrogens is 6. The first kappa shape index (κ1) is 24.0. The fraction of sp³-hybridized carbons (Fsp3) is 0.333. The first-order valence-corrected chi connectivity index (χ1v) is 11.9. The number of benzene rings is 1. The Kier molecular flexibility index (Phi) is 5.83. The van der Waals surface area contributed by atoms with Crippen molar-refractivity contribution in [2.24, 2.45) is 7.05 Å². The molecule has 7 nitrogen and oxygen atoms in total. The standard InChI is InChI=1S/C27H28F2N6O/c1-6-7-22(21-9-8-17(28)14-30-21)35-23-12-18(26-15(2)32-33-34(26)5)20(29)11-19(23)25-24(35)10-16(13-31-25)27(3,4)36/h8-14,22,36H,6-7H2,1-5H3/t22-/m0/s1. The third-order valence-corrected chi connectivity index (χ3v) is 6.65. The van der Waals surface area contributed by atoms with Crippen LogP contribution in [0.5, 0.6) is 0 Å². The van der Waals surface area contributed by atoms with E-state index in [1.807, 2.05) is 6.07 Å². The van der Waals surface area contributed by atoms with E-state index in [1.54, 1.807) is 50.8 Å². The minimum absolute atomic E-state index is 0.265. The third-order valence-electron chi connectivity index (χ3n) is 6.65. The van der Waals surface area contributed by atoms with Gasteiger partial charge in [0, 0.05) is 29.8 Å². The van der Waals surface area contributed by atoms with Gasteiger partial charge in [0.05, 0.1) is 51.5 Å². The Bertz CT molecular complexity index is 1560. The van der Waals surface area contributed by atoms with E-state index in [0.29, 0.717) is 45.5 Å². The number of halogens is 2. The predicted molar refractivity (Wildman–Crippen MR) is 134 cm³/mol. The second kappa shape index (κ2) is 8.74. The molecule has 0 saturated heterocycles. The van der Waals surface area contributed by atoms with Gasteiger partial charge in [0.25, 0.3) is 0 Å². The second-order valence-corrected chi connectivity index (χ2v) is 9.72. The van der Waals surface area contributed by atoms with Crippen molar-refractivity contribution in [3.8, 4) is 11.3 Å². The van der Waals surface area contributed by atoms with E-state index in [2.05, 4.69) is 31.8 Å². The average molecular weight is 491 g/mol. The molecule has 1 atom stereocenters. The van der Waals surface area contributed by atoms with E-state index >= 15 is 4.39 Å². The number of fused-ring (bicyclic) bond motifs is 3. The van der Waals surface area contributed by atoms with Crippen LogP contribution in [0.2, 0.25) is 0 Å². The van der Waals surface area contributed by atoms with Gasteiger partial charge in [-0.2, -0.15) is 0 Å². The molecule has 0 aliphatic rings. The maximum Gasteiger partial charge on any atom is 0.141 e. The molecule has 4 aromatic heterocycles. The van der Waals surface area contributed by atoms with Gasteiger partial charge in [-0.05, 0) is 57.5 Å². The zero-order chi connectivity index (χ0) is 25.8. The van der Waals surface area contributed by atoms with E-state index < -0.39 is 17.2 Å². The molecule has 36 heavy (non-hydrogen) atoms. The van der Waals surface area contributed by atoms with E-state index in [0.717, 1.165) is 17.5 Å². The minimum Gasteiger partial charge on any atom is -0.386 e. The molecule has 0 aliphatic heterocycles. The zero-order valence-electron chi connectivity index (χ0n) is 20.9. The van der Waals surface area contributed by atoms with Crippen LogP contribution < -0.4 is 0 Å². The summed E-state index contributed by atoms with van der Waals surface area (Å²) >= 11 is 0. The molecule has 0 unspecified atom stereocenters. The molecule has 1 aromatic carbocycles. The summed E-state index contributed by atoms with van der Waals surface area (Å²) in [5, 5.41) is 19.5. The Balaban J connectivity index is 1.90. The SMILES string of the molecule is CCC[C@@H](c1ccc(F)cn1)n1c2cc(-c3c(C)nnn3C)c(F)cc2c2ncc(C(C)(C)O)cc21. The second-order valence-electron chi connectivity index (χ2n) is 9.72. The predicted octanol–water partition coefficient (Wildman–Crippen LogP) is 5.58. The number of hydrogen-bond donors (Lipinski definition) is 1. The fourth-order valence-corrected chi connectivity index (χ4v) is 4.87. The summed E-state index contributed by atoms with van der Waals surface area (Å²) in [4.78, 5) is 9.05. The molecule has 5 rings (SSSR count). The number of rotatable bonds is 6. The molecule has 0 amide bonds. The molecule has 1 N–H and O–H groups in total. The average Bonchev–Trinajstić information content (AvgIpc) is 3.32. The van der Waals surface area contributed by atoms with Gasteiger partial charge in [0.2, 0.25) is 0 Å². The summed E-state index contributed by atoms with van der Waals surface area (Å²) in [6.07, 6.45) is 4.38. The topological polar surface area (TPSA) is 81.7 Å². The molecule has 0 saturated carbocycles. The van der Waals surface area contributed by atoms with Crippen molar-refractivity contribution < 1.29 is 13.9 Å². The van der Waals surface area contributed by atoms with Crippen LogP contribution in [0.15, 0.2) is 42.7 Å². The number of hydrogen-bond acceptors (Lipinski definition) is 5. The van der Waals surface area contributed by atoms with Crippen molar-refractivity contribution in [2.45, 2.75) is 52.2 Å². The molecule has 0 spiro atoms. The molecule has 5 aromatic rings. The van der Waals surface area contributed by atoms with Crippen molar-refractivity contribution in [1.29, 1.82) is 0 Å². The summed E-state index contributed by atoms with van der Waals surface area (Å²) in [6.45, 7) is 7.26. The van der Waals surface area contributed by atoms with Crippen molar-refractivity contribution >= 4 is 21.9 Å². The minimum atomic E-state index is -1.12. The lowest BCUT2D eigenvalue weighted by Crippen LogP contribution is -2.17. The molecule has 9 heteroatoms. The summed E-state index contributed by atoms with van der Waals surface area (Å²) in [6, 6.07) is 8.00. The monoisotopic (exact) mass is 490 g/mol. The number of pyridine rings is 2. The molecule has 0 aliphatic carbocycles. The largest absolute Gasteiger partial charge is 0.386 e. The van der Waals surface area contributed by atoms with Crippen LogP contribution in [0.25, 0.3) is 33.2 Å². The van der Waals surface area contributed by atoms with Gasteiger partial charge >= 0.3 is 0 Å². The van der Waals surface area contributed by atoms with Crippen molar-refractivity contribution in [3.05, 3.63) is 71.3 Å². The van der Waals surface area contributed by atoms with E-state index in [4.69, 9.17) is 0 Å². The third kappa shape index (κ3) is 3.93. The van der Waals surface area contributed by atoms with Gasteiger partial charge in [-0.25, -0.2) is 13.5 Å². The highest BCUT2D eigenvalue weighted by Gasteiger charge is 2.26. The lowest BCUT2D eigenvalue weighted by Gasteiger charge is -2.22. The summed E-state index contributed by atoms with van der Waals surface area (Å²) < 4.78 is 32.9. The molecule has 186 valence electrons. The quantitative estimate of drug-likeness (QED) is 0.336. The Hall–Kier alpha value is -3.72. The summed E-state index contributed by atoms with van der Waals surface area (Å²) in [7, 11) is 1.73. The van der Waals surface area contributed by atoms with E-state index in [1.165, 1.54) is 18.3 Å². The number of aliphatic hydroxyl groups is 1. The Morgan fingerprint density at radius 2 is 1.83 bits per heavy atom. The lowest BCUT2D eigenvalue weighted by molar-refractivity contribution is 0.0784. The summed E-state index contributed by atoms with van der Waals surface area (Å²) in [5.41, 5.74) is 3.90. The molecule has 4 heterocycles. The smallest absolute Gasteiger partial charge is 0.141 e. The summed E-state index contributed by atoms with van der Waals surface area (Å²) in [5.74, 6) is -0.818. The van der Waals surface area contributed by atoms with Gasteiger partial charge in [-0.3, -0.25) is 9.97 Å². The molecular weight excluding hydrogens is 462 g/mol. The van der Waals surface area contributed by atoms with Crippen molar-refractivity contribution in [1.82, 2.24) is 29.5 Å². The normalized spacial score (nSPS) is 13.1. The molecule has 0 radical (unpaired) electrons. The highest BCUT2D eigenvalue weighted by molar-refractivity contribution is 6.07. The van der Waals surface area contributed by atoms with Crippen LogP contribution in [0, 0.1) is 18.6 Å². The molecular formula is C27H28F2N6O. The van der Waals surface area contributed by atoms with E-state index in [9.17, 15) is 9.50 Å². The van der Waals surface area contributed by atoms with Crippen LogP contribution in [0.4, 0.5) is 8.78 Å². The van der Waals surface area contributed by atoms with Crippen LogP contribution in [0.3, 0.4) is 0 Å². The Morgan fingerprint density at radius 1 is 1.06 bits per heavy atom. The highest BCUT2D eigenvalue weighted by atomic mass is 19.1. The molecule has 0 fully saturated rings. The first-order valence-electron chi connectivity index (χ1n) is 11.9. The maximum atomic E-state index is 15.6. The number of nitrogens with zero attached hydrogens (tertiary/aromatic N) is 6. The van der Waals surface area contributed by atoms with Crippen LogP contribution in [-0.2, 0) is 12.6 Å². The number of aryl methyl sites for hydroxylation is 2. The van der Waals surface area contributed by atoms with Crippen LogP contribution in [0.1, 0.15) is 56.6 Å². The van der Waals surface area contributed by atoms with Crippen LogP contribution in [-0.4, -0.2) is 34.6 Å². The fourth-order valence-electron chi connectivity index (χ4n) is 4.87. The van der Waals surface area contributed by atoms with Gasteiger partial charge in [-0.1, -0.05) is 18.6 Å². The first-order chi connectivity index (χ1) is 17.1. The zero-order valence-corrected chi connectivity index (χ0v) is 20.9. The van der Waals surface area contributed by atoms with Gasteiger partial charge in [-0.15, -0.1) is 5.10 Å². The van der Waals surface area contributed by atoms with Crippen molar-refractivity contribution in [3.63, 3.8) is 0 Å². The molecule has 0 bridgehead atoms. The lowest BCUT2D eigenvalue weighted by atomic mass is 10.00. The highest BCUT2D eigenvalue weighted by Crippen LogP contribution is 2.39. The van der Waals surface area contributed by atoms with Crippen molar-refractivity contribution in [2.75, 3.05) is 0 Å². The maximum absolute atomic E-state index is 15.6. The van der Waals surface area contributed by atoms with Crippen LogP contribution >= 0.6 is 0 Å². The van der Waals surface area contributed by atoms with Gasteiger partial charge in [0.15, 0.2) is 0 Å². The van der Waals surface area contributed by atoms with E-state index in [-0.39, 0.29) is 6.04 Å².